The lowest BCUT2D eigenvalue weighted by molar-refractivity contribution is -0.131. The molecule has 2 heterocycles. The number of benzene rings is 1. The zero-order valence-corrected chi connectivity index (χ0v) is 17.6. The second-order valence-corrected chi connectivity index (χ2v) is 8.20. The first-order valence-electron chi connectivity index (χ1n) is 9.05. The Bertz CT molecular complexity index is 784. The van der Waals surface area contributed by atoms with Gasteiger partial charge in [-0.25, -0.2) is 4.98 Å². The number of aromatic nitrogens is 1. The van der Waals surface area contributed by atoms with E-state index in [1.165, 1.54) is 0 Å². The molecule has 5 nitrogen and oxygen atoms in total. The maximum Gasteiger partial charge on any atom is 0.222 e. The summed E-state index contributed by atoms with van der Waals surface area (Å²) in [6, 6.07) is 5.13. The summed E-state index contributed by atoms with van der Waals surface area (Å²) in [5, 5.41) is 4.18. The van der Waals surface area contributed by atoms with Crippen molar-refractivity contribution in [2.24, 2.45) is 0 Å². The summed E-state index contributed by atoms with van der Waals surface area (Å²) in [7, 11) is 0. The predicted octanol–water partition coefficient (Wildman–Crippen LogP) is 4.66. The Morgan fingerprint density at radius 1 is 1.26 bits per heavy atom. The van der Waals surface area contributed by atoms with E-state index in [4.69, 9.17) is 27.9 Å². The van der Waals surface area contributed by atoms with Crippen LogP contribution in [-0.2, 0) is 4.79 Å². The Kier molecular flexibility index (Phi) is 7.21. The number of carbonyl (C=O) groups excluding carboxylic acids is 1. The smallest absolute Gasteiger partial charge is 0.222 e. The van der Waals surface area contributed by atoms with E-state index < -0.39 is 0 Å². The Morgan fingerprint density at radius 2 is 2.11 bits per heavy atom. The fourth-order valence-electron chi connectivity index (χ4n) is 3.00. The average molecular weight is 428 g/mol. The summed E-state index contributed by atoms with van der Waals surface area (Å²) in [6.07, 6.45) is 2.09. The van der Waals surface area contributed by atoms with Gasteiger partial charge in [0.15, 0.2) is 5.13 Å². The third-order valence-electron chi connectivity index (χ3n) is 4.41. The topological polar surface area (TPSA) is 45.7 Å². The summed E-state index contributed by atoms with van der Waals surface area (Å²) in [6.45, 7) is 5.76. The third kappa shape index (κ3) is 5.74. The number of halogens is 2. The lowest BCUT2D eigenvalue weighted by atomic mass is 10.2. The quantitative estimate of drug-likeness (QED) is 0.628. The molecule has 3 rings (SSSR count). The highest BCUT2D eigenvalue weighted by atomic mass is 35.5. The van der Waals surface area contributed by atoms with E-state index in [1.807, 2.05) is 11.8 Å². The number of hydrogen-bond acceptors (Lipinski definition) is 5. The Hall–Kier alpha value is -1.50. The summed E-state index contributed by atoms with van der Waals surface area (Å²) in [5.74, 6) is 0.774. The number of carbonyl (C=O) groups is 1. The Morgan fingerprint density at radius 3 is 2.85 bits per heavy atom. The molecule has 0 aliphatic carbocycles. The minimum absolute atomic E-state index is 0.179. The van der Waals surface area contributed by atoms with Crippen LogP contribution in [0.4, 0.5) is 5.13 Å². The first-order chi connectivity index (χ1) is 13.0. The van der Waals surface area contributed by atoms with Crippen molar-refractivity contribution in [2.45, 2.75) is 26.2 Å². The van der Waals surface area contributed by atoms with Crippen molar-refractivity contribution in [2.75, 3.05) is 37.7 Å². The van der Waals surface area contributed by atoms with Crippen LogP contribution >= 0.6 is 34.5 Å². The number of nitrogens with zero attached hydrogens (tertiary/aromatic N) is 3. The van der Waals surface area contributed by atoms with Crippen LogP contribution in [0.5, 0.6) is 5.75 Å². The van der Waals surface area contributed by atoms with E-state index >= 15 is 0 Å². The molecule has 1 aliphatic heterocycles. The van der Waals surface area contributed by atoms with Crippen LogP contribution in [0.1, 0.15) is 25.0 Å². The highest BCUT2D eigenvalue weighted by molar-refractivity contribution is 7.13. The molecule has 27 heavy (non-hydrogen) atoms. The SMILES string of the molecule is Cc1csc(N2CCCN(C(=O)CCCOc3ccc(Cl)cc3Cl)CC2)n1. The van der Waals surface area contributed by atoms with Crippen LogP contribution in [0.15, 0.2) is 23.6 Å². The van der Waals surface area contributed by atoms with Crippen molar-refractivity contribution < 1.29 is 9.53 Å². The van der Waals surface area contributed by atoms with Crippen molar-refractivity contribution in [3.8, 4) is 5.75 Å². The van der Waals surface area contributed by atoms with Gasteiger partial charge in [-0.3, -0.25) is 4.79 Å². The van der Waals surface area contributed by atoms with E-state index in [9.17, 15) is 4.79 Å². The fraction of sp³-hybridized carbons (Fsp3) is 0.474. The zero-order valence-electron chi connectivity index (χ0n) is 15.3. The first-order valence-corrected chi connectivity index (χ1v) is 10.7. The molecule has 146 valence electrons. The molecule has 0 saturated carbocycles. The molecule has 1 amide bonds. The van der Waals surface area contributed by atoms with Gasteiger partial charge in [0, 0.05) is 43.0 Å². The monoisotopic (exact) mass is 427 g/mol. The van der Waals surface area contributed by atoms with Gasteiger partial charge in [0.25, 0.3) is 0 Å². The van der Waals surface area contributed by atoms with Crippen LogP contribution in [0.3, 0.4) is 0 Å². The van der Waals surface area contributed by atoms with Crippen LogP contribution < -0.4 is 9.64 Å². The maximum atomic E-state index is 12.5. The number of amides is 1. The summed E-state index contributed by atoms with van der Waals surface area (Å²) >= 11 is 13.6. The van der Waals surface area contributed by atoms with Gasteiger partial charge in [-0.2, -0.15) is 0 Å². The van der Waals surface area contributed by atoms with Gasteiger partial charge in [0.1, 0.15) is 5.75 Å². The van der Waals surface area contributed by atoms with Gasteiger partial charge in [-0.1, -0.05) is 23.2 Å². The van der Waals surface area contributed by atoms with Crippen molar-refractivity contribution in [1.29, 1.82) is 0 Å². The molecule has 8 heteroatoms. The number of hydrogen-bond donors (Lipinski definition) is 0. The lowest BCUT2D eigenvalue weighted by Gasteiger charge is -2.21. The molecule has 1 aromatic heterocycles. The van der Waals surface area contributed by atoms with Crippen molar-refractivity contribution in [3.05, 3.63) is 39.3 Å². The van der Waals surface area contributed by atoms with Gasteiger partial charge in [0.2, 0.25) is 5.91 Å². The summed E-state index contributed by atoms with van der Waals surface area (Å²) < 4.78 is 5.65. The lowest BCUT2D eigenvalue weighted by Crippen LogP contribution is -2.35. The molecule has 0 N–H and O–H groups in total. The number of ether oxygens (including phenoxy) is 1. The van der Waals surface area contributed by atoms with Gasteiger partial charge < -0.3 is 14.5 Å². The van der Waals surface area contributed by atoms with Gasteiger partial charge in [0.05, 0.1) is 17.3 Å². The molecule has 0 unspecified atom stereocenters. The molecular formula is C19H23Cl2N3O2S. The molecule has 1 aromatic carbocycles. The van der Waals surface area contributed by atoms with Crippen LogP contribution in [0, 0.1) is 6.92 Å². The normalized spacial score (nSPS) is 14.9. The largest absolute Gasteiger partial charge is 0.492 e. The van der Waals surface area contributed by atoms with Crippen molar-refractivity contribution >= 4 is 45.6 Å². The molecule has 1 saturated heterocycles. The first kappa shape index (κ1) is 20.2. The van der Waals surface area contributed by atoms with Gasteiger partial charge in [-0.15, -0.1) is 11.3 Å². The van der Waals surface area contributed by atoms with E-state index in [-0.39, 0.29) is 5.91 Å². The average Bonchev–Trinajstić information content (AvgIpc) is 2.92. The third-order valence-corrected chi connectivity index (χ3v) is 5.96. The summed E-state index contributed by atoms with van der Waals surface area (Å²) in [5.41, 5.74) is 1.05. The Balaban J connectivity index is 1.41. The molecule has 1 aliphatic rings. The van der Waals surface area contributed by atoms with E-state index in [2.05, 4.69) is 15.3 Å². The molecular weight excluding hydrogens is 405 g/mol. The predicted molar refractivity (Wildman–Crippen MR) is 111 cm³/mol. The molecule has 2 aromatic rings. The minimum Gasteiger partial charge on any atom is -0.492 e. The van der Waals surface area contributed by atoms with E-state index in [1.54, 1.807) is 29.5 Å². The molecule has 0 spiro atoms. The van der Waals surface area contributed by atoms with Crippen molar-refractivity contribution in [1.82, 2.24) is 9.88 Å². The maximum absolute atomic E-state index is 12.5. The van der Waals surface area contributed by atoms with Crippen LogP contribution in [-0.4, -0.2) is 48.6 Å². The van der Waals surface area contributed by atoms with E-state index in [0.717, 1.165) is 43.4 Å². The van der Waals surface area contributed by atoms with Gasteiger partial charge >= 0.3 is 0 Å². The second kappa shape index (κ2) is 9.62. The minimum atomic E-state index is 0.179. The highest BCUT2D eigenvalue weighted by Crippen LogP contribution is 2.27. The van der Waals surface area contributed by atoms with Gasteiger partial charge in [-0.05, 0) is 38.0 Å². The number of rotatable bonds is 6. The number of anilines is 1. The van der Waals surface area contributed by atoms with Crippen LogP contribution in [0.2, 0.25) is 10.0 Å². The molecule has 0 radical (unpaired) electrons. The number of thiazole rings is 1. The zero-order chi connectivity index (χ0) is 19.2. The van der Waals surface area contributed by atoms with E-state index in [0.29, 0.717) is 35.2 Å². The van der Waals surface area contributed by atoms with Crippen LogP contribution in [0.25, 0.3) is 0 Å². The Labute approximate surface area is 173 Å². The fourth-order valence-corrected chi connectivity index (χ4v) is 4.32. The number of aryl methyl sites for hydroxylation is 1. The standard InChI is InChI=1S/C19H23Cl2N3O2S/c1-14-13-27-19(22-14)24-8-3-7-23(9-10-24)18(25)4-2-11-26-17-6-5-15(20)12-16(17)21/h5-6,12-13H,2-4,7-11H2,1H3. The van der Waals surface area contributed by atoms with Crippen molar-refractivity contribution in [3.63, 3.8) is 0 Å². The summed E-state index contributed by atoms with van der Waals surface area (Å²) in [4.78, 5) is 21.3. The second-order valence-electron chi connectivity index (χ2n) is 6.52. The molecule has 0 bridgehead atoms. The molecule has 0 atom stereocenters. The highest BCUT2D eigenvalue weighted by Gasteiger charge is 2.20. The molecule has 1 fully saturated rings.